The maximum atomic E-state index is 2.68. The Balaban J connectivity index is 2.27. The van der Waals surface area contributed by atoms with Crippen LogP contribution in [0.15, 0.2) is 0 Å². The number of rotatable bonds is 12. The number of hydrogen-bond donors (Lipinski definition) is 0. The van der Waals surface area contributed by atoms with Crippen LogP contribution < -0.4 is 0 Å². The highest BCUT2D eigenvalue weighted by atomic mass is 15.2. The van der Waals surface area contributed by atoms with Gasteiger partial charge in [0.25, 0.3) is 0 Å². The third-order valence-corrected chi connectivity index (χ3v) is 4.82. The largest absolute Gasteiger partial charge is 0.303 e. The molecule has 0 aromatic rings. The summed E-state index contributed by atoms with van der Waals surface area (Å²) in [4.78, 5) is 2.68. The van der Waals surface area contributed by atoms with Crippen LogP contribution in [0.5, 0.6) is 0 Å². The summed E-state index contributed by atoms with van der Waals surface area (Å²) in [5, 5.41) is 0. The van der Waals surface area contributed by atoms with Gasteiger partial charge in [-0.2, -0.15) is 0 Å². The number of likely N-dealkylation sites (tertiary alicyclic amines) is 1. The number of hydrogen-bond acceptors (Lipinski definition) is 1. The third kappa shape index (κ3) is 7.34. The van der Waals surface area contributed by atoms with Crippen molar-refractivity contribution in [3.05, 3.63) is 0 Å². The Hall–Kier alpha value is -0.0400. The van der Waals surface area contributed by atoms with Crippen LogP contribution in [0.4, 0.5) is 0 Å². The molecule has 1 rings (SSSR count). The molecule has 0 N–H and O–H groups in total. The van der Waals surface area contributed by atoms with E-state index in [2.05, 4.69) is 25.7 Å². The number of unbranched alkanes of at least 4 members (excludes halogenated alkanes) is 6. The van der Waals surface area contributed by atoms with E-state index in [9.17, 15) is 0 Å². The van der Waals surface area contributed by atoms with Crippen molar-refractivity contribution in [1.29, 1.82) is 0 Å². The Morgan fingerprint density at radius 1 is 0.789 bits per heavy atom. The van der Waals surface area contributed by atoms with E-state index in [0.717, 1.165) is 0 Å². The maximum absolute atomic E-state index is 2.68. The molecule has 19 heavy (non-hydrogen) atoms. The van der Waals surface area contributed by atoms with Gasteiger partial charge in [-0.15, -0.1) is 0 Å². The maximum Gasteiger partial charge on any atom is 0.00353 e. The molecule has 0 unspecified atom stereocenters. The van der Waals surface area contributed by atoms with Gasteiger partial charge in [0.05, 0.1) is 0 Å². The molecular weight excluding hydrogens is 230 g/mol. The average Bonchev–Trinajstić information content (AvgIpc) is 2.36. The first kappa shape index (κ1) is 17.0. The second-order valence-electron chi connectivity index (χ2n) is 7.06. The summed E-state index contributed by atoms with van der Waals surface area (Å²) in [7, 11) is 0. The zero-order valence-corrected chi connectivity index (χ0v) is 13.8. The van der Waals surface area contributed by atoms with Crippen molar-refractivity contribution in [2.24, 2.45) is 5.41 Å². The number of nitrogens with zero attached hydrogens (tertiary/aromatic N) is 1. The van der Waals surface area contributed by atoms with Crippen LogP contribution in [0.3, 0.4) is 0 Å². The van der Waals surface area contributed by atoms with Gasteiger partial charge >= 0.3 is 0 Å². The summed E-state index contributed by atoms with van der Waals surface area (Å²) < 4.78 is 0. The van der Waals surface area contributed by atoms with Crippen molar-refractivity contribution in [1.82, 2.24) is 4.90 Å². The molecule has 0 atom stereocenters. The van der Waals surface area contributed by atoms with E-state index in [-0.39, 0.29) is 0 Å². The summed E-state index contributed by atoms with van der Waals surface area (Å²) in [5.41, 5.74) is 0.599. The van der Waals surface area contributed by atoms with Crippen LogP contribution in [-0.4, -0.2) is 24.5 Å². The van der Waals surface area contributed by atoms with E-state index >= 15 is 0 Å². The Morgan fingerprint density at radius 2 is 1.32 bits per heavy atom. The van der Waals surface area contributed by atoms with Crippen molar-refractivity contribution in [2.75, 3.05) is 19.6 Å². The van der Waals surface area contributed by atoms with Crippen LogP contribution >= 0.6 is 0 Å². The summed E-state index contributed by atoms with van der Waals surface area (Å²) in [6.07, 6.45) is 15.7. The Morgan fingerprint density at radius 3 is 1.68 bits per heavy atom. The lowest BCUT2D eigenvalue weighted by molar-refractivity contribution is 0.0900. The van der Waals surface area contributed by atoms with Crippen LogP contribution in [0, 0.1) is 5.41 Å². The topological polar surface area (TPSA) is 3.24 Å². The highest BCUT2D eigenvalue weighted by Crippen LogP contribution is 2.33. The van der Waals surface area contributed by atoms with Gasteiger partial charge in [0, 0.05) is 6.54 Å². The van der Waals surface area contributed by atoms with E-state index in [0.29, 0.717) is 5.41 Å². The predicted octanol–water partition coefficient (Wildman–Crippen LogP) is 5.64. The van der Waals surface area contributed by atoms with Gasteiger partial charge in [-0.3, -0.25) is 0 Å². The zero-order valence-electron chi connectivity index (χ0n) is 13.8. The molecule has 1 heteroatoms. The molecule has 1 aliphatic rings. The minimum absolute atomic E-state index is 0.599. The van der Waals surface area contributed by atoms with Crippen molar-refractivity contribution in [3.63, 3.8) is 0 Å². The molecule has 0 aromatic heterocycles. The van der Waals surface area contributed by atoms with Gasteiger partial charge in [0.2, 0.25) is 0 Å². The zero-order chi connectivity index (χ0) is 14.0. The molecule has 1 fully saturated rings. The van der Waals surface area contributed by atoms with Crippen molar-refractivity contribution in [2.45, 2.75) is 91.4 Å². The summed E-state index contributed by atoms with van der Waals surface area (Å²) in [5.74, 6) is 0. The normalized spacial score (nSPS) is 16.6. The molecule has 0 saturated carbocycles. The van der Waals surface area contributed by atoms with Gasteiger partial charge in [0.1, 0.15) is 0 Å². The summed E-state index contributed by atoms with van der Waals surface area (Å²) >= 11 is 0. The summed E-state index contributed by atoms with van der Waals surface area (Å²) in [6, 6.07) is 0. The molecule has 0 radical (unpaired) electrons. The fourth-order valence-corrected chi connectivity index (χ4v) is 3.32. The van der Waals surface area contributed by atoms with Crippen molar-refractivity contribution in [3.8, 4) is 0 Å². The lowest BCUT2D eigenvalue weighted by Crippen LogP contribution is -2.44. The van der Waals surface area contributed by atoms with Gasteiger partial charge in [-0.1, -0.05) is 72.1 Å². The minimum Gasteiger partial charge on any atom is -0.303 e. The van der Waals surface area contributed by atoms with Crippen LogP contribution in [0.25, 0.3) is 0 Å². The first-order chi connectivity index (χ1) is 9.20. The lowest BCUT2D eigenvalue weighted by atomic mass is 9.78. The molecule has 0 spiro atoms. The van der Waals surface area contributed by atoms with E-state index in [1.165, 1.54) is 90.3 Å². The SMILES string of the molecule is CCCCCCC(C)(CCCCCC)CN1CCC1. The van der Waals surface area contributed by atoms with E-state index < -0.39 is 0 Å². The van der Waals surface area contributed by atoms with Crippen LogP contribution in [0.2, 0.25) is 0 Å². The Bertz CT molecular complexity index is 196. The first-order valence-electron chi connectivity index (χ1n) is 8.92. The summed E-state index contributed by atoms with van der Waals surface area (Å²) in [6.45, 7) is 11.3. The van der Waals surface area contributed by atoms with Gasteiger partial charge in [0.15, 0.2) is 0 Å². The highest BCUT2D eigenvalue weighted by Gasteiger charge is 2.28. The smallest absolute Gasteiger partial charge is 0.00353 e. The Labute approximate surface area is 122 Å². The molecule has 0 amide bonds. The standard InChI is InChI=1S/C18H37N/c1-4-6-8-10-13-18(3,14-11-9-7-5-2)17-19-15-12-16-19/h4-17H2,1-3H3. The first-order valence-corrected chi connectivity index (χ1v) is 8.92. The van der Waals surface area contributed by atoms with Gasteiger partial charge in [-0.05, 0) is 37.8 Å². The molecule has 0 bridgehead atoms. The van der Waals surface area contributed by atoms with Crippen LogP contribution in [0.1, 0.15) is 91.4 Å². The lowest BCUT2D eigenvalue weighted by Gasteiger charge is -2.40. The molecule has 1 nitrogen and oxygen atoms in total. The van der Waals surface area contributed by atoms with Gasteiger partial charge < -0.3 is 4.90 Å². The second kappa shape index (κ2) is 9.80. The molecule has 0 aliphatic carbocycles. The Kier molecular flexibility index (Phi) is 8.77. The van der Waals surface area contributed by atoms with E-state index in [4.69, 9.17) is 0 Å². The monoisotopic (exact) mass is 267 g/mol. The van der Waals surface area contributed by atoms with Gasteiger partial charge in [-0.25, -0.2) is 0 Å². The highest BCUT2D eigenvalue weighted by molar-refractivity contribution is 4.82. The predicted molar refractivity (Wildman–Crippen MR) is 86.7 cm³/mol. The van der Waals surface area contributed by atoms with Crippen molar-refractivity contribution < 1.29 is 0 Å². The fourth-order valence-electron chi connectivity index (χ4n) is 3.32. The van der Waals surface area contributed by atoms with E-state index in [1.54, 1.807) is 0 Å². The molecule has 1 saturated heterocycles. The minimum atomic E-state index is 0.599. The molecular formula is C18H37N. The fraction of sp³-hybridized carbons (Fsp3) is 1.00. The van der Waals surface area contributed by atoms with E-state index in [1.807, 2.05) is 0 Å². The average molecular weight is 268 g/mol. The molecule has 1 aliphatic heterocycles. The van der Waals surface area contributed by atoms with Crippen LogP contribution in [-0.2, 0) is 0 Å². The molecule has 114 valence electrons. The van der Waals surface area contributed by atoms with Crippen molar-refractivity contribution >= 4 is 0 Å². The molecule has 0 aromatic carbocycles. The quantitative estimate of drug-likeness (QED) is 0.414. The molecule has 1 heterocycles. The second-order valence-corrected chi connectivity index (χ2v) is 7.06. The third-order valence-electron chi connectivity index (χ3n) is 4.82.